The molecule has 2 heterocycles. The van der Waals surface area contributed by atoms with Crippen LogP contribution in [0.4, 0.5) is 5.69 Å². The molecule has 0 atom stereocenters. The maximum absolute atomic E-state index is 12.7. The number of pyridine rings is 1. The van der Waals surface area contributed by atoms with Gasteiger partial charge in [0.15, 0.2) is 10.8 Å². The van der Waals surface area contributed by atoms with Crippen molar-refractivity contribution < 1.29 is 4.79 Å². The van der Waals surface area contributed by atoms with Crippen molar-refractivity contribution in [1.82, 2.24) is 14.5 Å². The van der Waals surface area contributed by atoms with Gasteiger partial charge in [0.1, 0.15) is 0 Å². The average Bonchev–Trinajstić information content (AvgIpc) is 2.65. The van der Waals surface area contributed by atoms with Gasteiger partial charge in [-0.1, -0.05) is 35.5 Å². The summed E-state index contributed by atoms with van der Waals surface area (Å²) in [7, 11) is 0. The zero-order chi connectivity index (χ0) is 20.3. The topological polar surface area (TPSA) is 76.9 Å². The van der Waals surface area contributed by atoms with Gasteiger partial charge in [0.2, 0.25) is 5.91 Å². The van der Waals surface area contributed by atoms with Gasteiger partial charge in [0.05, 0.1) is 11.1 Å². The number of hydrogen-bond acceptors (Lipinski definition) is 5. The van der Waals surface area contributed by atoms with Crippen molar-refractivity contribution in [3.05, 3.63) is 70.2 Å². The molecule has 7 heteroatoms. The van der Waals surface area contributed by atoms with Gasteiger partial charge in [-0.05, 0) is 44.0 Å². The van der Waals surface area contributed by atoms with Gasteiger partial charge in [-0.3, -0.25) is 14.2 Å². The minimum atomic E-state index is -0.189. The molecule has 0 fully saturated rings. The first kappa shape index (κ1) is 19.8. The van der Waals surface area contributed by atoms with Crippen molar-refractivity contribution in [2.24, 2.45) is 0 Å². The summed E-state index contributed by atoms with van der Waals surface area (Å²) >= 11 is 1.21. The van der Waals surface area contributed by atoms with E-state index in [1.165, 1.54) is 16.3 Å². The van der Waals surface area contributed by atoms with Crippen LogP contribution in [-0.2, 0) is 11.3 Å². The highest BCUT2D eigenvalue weighted by atomic mass is 32.2. The number of anilines is 1. The third kappa shape index (κ3) is 4.14. The molecular weight excluding hydrogens is 372 g/mol. The second-order valence-electron chi connectivity index (χ2n) is 6.58. The number of benzene rings is 1. The number of rotatable bonds is 6. The van der Waals surface area contributed by atoms with Crippen LogP contribution < -0.4 is 10.9 Å². The van der Waals surface area contributed by atoms with Crippen LogP contribution in [0.1, 0.15) is 16.7 Å². The van der Waals surface area contributed by atoms with E-state index in [0.717, 1.165) is 22.4 Å². The lowest BCUT2D eigenvalue weighted by molar-refractivity contribution is -0.113. The van der Waals surface area contributed by atoms with E-state index >= 15 is 0 Å². The summed E-state index contributed by atoms with van der Waals surface area (Å²) in [5.41, 5.74) is 4.21. The fraction of sp³-hybridized carbons (Fsp3) is 0.238. The zero-order valence-corrected chi connectivity index (χ0v) is 17.0. The van der Waals surface area contributed by atoms with Crippen molar-refractivity contribution in [2.75, 3.05) is 11.1 Å². The molecule has 28 heavy (non-hydrogen) atoms. The van der Waals surface area contributed by atoms with Crippen molar-refractivity contribution >= 4 is 34.4 Å². The molecule has 0 aliphatic heterocycles. The number of fused-ring (bicyclic) bond motifs is 1. The van der Waals surface area contributed by atoms with Gasteiger partial charge in [-0.25, -0.2) is 9.97 Å². The number of carbonyl (C=O) groups is 1. The summed E-state index contributed by atoms with van der Waals surface area (Å²) in [6.45, 7) is 9.99. The highest BCUT2D eigenvalue weighted by molar-refractivity contribution is 7.99. The van der Waals surface area contributed by atoms with E-state index in [2.05, 4.69) is 21.9 Å². The molecule has 3 aromatic rings. The number of thioether (sulfide) groups is 1. The minimum Gasteiger partial charge on any atom is -0.325 e. The maximum atomic E-state index is 12.7. The lowest BCUT2D eigenvalue weighted by Gasteiger charge is -2.14. The van der Waals surface area contributed by atoms with E-state index < -0.39 is 0 Å². The SMILES string of the molecule is C=CCn1c(SCC(=O)Nc2c(C)cc(C)cc2C)nc2ncccc2c1=O. The largest absolute Gasteiger partial charge is 0.325 e. The number of amides is 1. The van der Waals surface area contributed by atoms with Crippen LogP contribution >= 0.6 is 11.8 Å². The predicted octanol–water partition coefficient (Wildman–Crippen LogP) is 3.63. The number of aromatic nitrogens is 3. The highest BCUT2D eigenvalue weighted by Gasteiger charge is 2.14. The summed E-state index contributed by atoms with van der Waals surface area (Å²) in [4.78, 5) is 33.9. The van der Waals surface area contributed by atoms with E-state index in [9.17, 15) is 9.59 Å². The third-order valence-electron chi connectivity index (χ3n) is 4.28. The second-order valence-corrected chi connectivity index (χ2v) is 7.53. The average molecular weight is 395 g/mol. The first-order chi connectivity index (χ1) is 13.4. The van der Waals surface area contributed by atoms with Crippen LogP contribution in [0.25, 0.3) is 11.0 Å². The minimum absolute atomic E-state index is 0.134. The molecule has 1 N–H and O–H groups in total. The number of allylic oxidation sites excluding steroid dienone is 1. The zero-order valence-electron chi connectivity index (χ0n) is 16.2. The molecule has 0 aliphatic carbocycles. The molecule has 3 rings (SSSR count). The fourth-order valence-corrected chi connectivity index (χ4v) is 3.92. The summed E-state index contributed by atoms with van der Waals surface area (Å²) in [5.74, 6) is -0.0186. The number of carbonyl (C=O) groups excluding carboxylic acids is 1. The van der Waals surface area contributed by atoms with Crippen molar-refractivity contribution in [3.63, 3.8) is 0 Å². The van der Waals surface area contributed by atoms with Gasteiger partial charge >= 0.3 is 0 Å². The van der Waals surface area contributed by atoms with E-state index in [0.29, 0.717) is 22.7 Å². The Morgan fingerprint density at radius 3 is 2.68 bits per heavy atom. The molecule has 144 valence electrons. The number of nitrogens with zero attached hydrogens (tertiary/aromatic N) is 3. The van der Waals surface area contributed by atoms with E-state index in [1.807, 2.05) is 32.9 Å². The summed E-state index contributed by atoms with van der Waals surface area (Å²) in [5, 5.41) is 3.86. The Labute approximate surface area is 167 Å². The van der Waals surface area contributed by atoms with Crippen LogP contribution in [0.3, 0.4) is 0 Å². The summed E-state index contributed by atoms with van der Waals surface area (Å²) in [6, 6.07) is 7.47. The van der Waals surface area contributed by atoms with Crippen molar-refractivity contribution in [3.8, 4) is 0 Å². The van der Waals surface area contributed by atoms with Gasteiger partial charge < -0.3 is 5.32 Å². The smallest absolute Gasteiger partial charge is 0.263 e. The Kier molecular flexibility index (Phi) is 5.94. The Morgan fingerprint density at radius 1 is 1.29 bits per heavy atom. The highest BCUT2D eigenvalue weighted by Crippen LogP contribution is 2.23. The Morgan fingerprint density at radius 2 is 2.00 bits per heavy atom. The van der Waals surface area contributed by atoms with Crippen molar-refractivity contribution in [2.45, 2.75) is 32.5 Å². The molecule has 0 radical (unpaired) electrons. The lowest BCUT2D eigenvalue weighted by atomic mass is 10.1. The van der Waals surface area contributed by atoms with Crippen LogP contribution in [0.5, 0.6) is 0 Å². The molecule has 0 aliphatic rings. The molecule has 0 saturated heterocycles. The van der Waals surface area contributed by atoms with Gasteiger partial charge in [0.25, 0.3) is 5.56 Å². The van der Waals surface area contributed by atoms with Crippen LogP contribution in [-0.4, -0.2) is 26.2 Å². The Bertz CT molecular complexity index is 1100. The Balaban J connectivity index is 1.83. The molecule has 0 saturated carbocycles. The predicted molar refractivity (Wildman–Crippen MR) is 114 cm³/mol. The van der Waals surface area contributed by atoms with Gasteiger partial charge in [-0.15, -0.1) is 6.58 Å². The molecule has 0 unspecified atom stereocenters. The third-order valence-corrected chi connectivity index (χ3v) is 5.26. The number of hydrogen-bond donors (Lipinski definition) is 1. The first-order valence-electron chi connectivity index (χ1n) is 8.87. The van der Waals surface area contributed by atoms with Crippen LogP contribution in [0.2, 0.25) is 0 Å². The number of aryl methyl sites for hydroxylation is 3. The second kappa shape index (κ2) is 8.39. The van der Waals surface area contributed by atoms with Gasteiger partial charge in [0, 0.05) is 18.4 Å². The summed E-state index contributed by atoms with van der Waals surface area (Å²) < 4.78 is 1.51. The molecule has 1 amide bonds. The van der Waals surface area contributed by atoms with E-state index in [1.54, 1.807) is 24.4 Å². The number of nitrogens with one attached hydrogen (secondary N) is 1. The van der Waals surface area contributed by atoms with Gasteiger partial charge in [-0.2, -0.15) is 0 Å². The summed E-state index contributed by atoms with van der Waals surface area (Å²) in [6.07, 6.45) is 3.23. The molecule has 0 spiro atoms. The molecule has 6 nitrogen and oxygen atoms in total. The molecule has 1 aromatic carbocycles. The van der Waals surface area contributed by atoms with Crippen LogP contribution in [0, 0.1) is 20.8 Å². The molecule has 0 bridgehead atoms. The van der Waals surface area contributed by atoms with Crippen LogP contribution in [0.15, 0.2) is 53.1 Å². The van der Waals surface area contributed by atoms with E-state index in [-0.39, 0.29) is 17.2 Å². The standard InChI is InChI=1S/C21H22N4O2S/c1-5-9-25-20(27)16-7-6-8-22-19(16)24-21(25)28-12-17(26)23-18-14(3)10-13(2)11-15(18)4/h5-8,10-11H,1,9,12H2,2-4H3,(H,23,26). The quantitative estimate of drug-likeness (QED) is 0.392. The fourth-order valence-electron chi connectivity index (χ4n) is 3.12. The van der Waals surface area contributed by atoms with Crippen molar-refractivity contribution in [1.29, 1.82) is 0 Å². The monoisotopic (exact) mass is 394 g/mol. The first-order valence-corrected chi connectivity index (χ1v) is 9.86. The molecular formula is C21H22N4O2S. The maximum Gasteiger partial charge on any atom is 0.263 e. The molecule has 2 aromatic heterocycles. The van der Waals surface area contributed by atoms with E-state index in [4.69, 9.17) is 0 Å². The normalized spacial score (nSPS) is 10.8. The Hall–Kier alpha value is -2.93. The lowest BCUT2D eigenvalue weighted by Crippen LogP contribution is -2.24.